The molecule has 0 saturated carbocycles. The van der Waals surface area contributed by atoms with Crippen LogP contribution in [0.3, 0.4) is 0 Å². The molecule has 0 aliphatic carbocycles. The van der Waals surface area contributed by atoms with Crippen LogP contribution < -0.4 is 4.74 Å². The molecule has 0 spiro atoms. The zero-order chi connectivity index (χ0) is 14.7. The molecule has 0 aliphatic heterocycles. The molecule has 0 radical (unpaired) electrons. The SMILES string of the molecule is Cc1cc(C(=O)O)cc(C)c1OCc1ccccc1F. The third-order valence-electron chi connectivity index (χ3n) is 3.04. The molecule has 0 unspecified atom stereocenters. The maximum atomic E-state index is 13.5. The Labute approximate surface area is 116 Å². The van der Waals surface area contributed by atoms with Crippen molar-refractivity contribution in [2.75, 3.05) is 0 Å². The molecule has 1 N–H and O–H groups in total. The Hall–Kier alpha value is -2.36. The van der Waals surface area contributed by atoms with Gasteiger partial charge in [0.1, 0.15) is 18.2 Å². The summed E-state index contributed by atoms with van der Waals surface area (Å²) in [7, 11) is 0. The molecule has 104 valence electrons. The Morgan fingerprint density at radius 1 is 1.20 bits per heavy atom. The van der Waals surface area contributed by atoms with E-state index in [1.807, 2.05) is 0 Å². The van der Waals surface area contributed by atoms with E-state index in [1.54, 1.807) is 44.2 Å². The van der Waals surface area contributed by atoms with Gasteiger partial charge in [-0.25, -0.2) is 9.18 Å². The van der Waals surface area contributed by atoms with Crippen molar-refractivity contribution in [2.45, 2.75) is 20.5 Å². The van der Waals surface area contributed by atoms with Gasteiger partial charge in [0.2, 0.25) is 0 Å². The van der Waals surface area contributed by atoms with Crippen molar-refractivity contribution in [3.05, 3.63) is 64.5 Å². The number of ether oxygens (including phenoxy) is 1. The lowest BCUT2D eigenvalue weighted by Gasteiger charge is -2.13. The fourth-order valence-corrected chi connectivity index (χ4v) is 2.07. The maximum absolute atomic E-state index is 13.5. The number of aromatic carboxylic acids is 1. The zero-order valence-corrected chi connectivity index (χ0v) is 11.3. The van der Waals surface area contributed by atoms with Crippen LogP contribution in [-0.4, -0.2) is 11.1 Å². The first-order valence-electron chi connectivity index (χ1n) is 6.20. The topological polar surface area (TPSA) is 46.5 Å². The number of benzene rings is 2. The van der Waals surface area contributed by atoms with E-state index < -0.39 is 5.97 Å². The lowest BCUT2D eigenvalue weighted by molar-refractivity contribution is 0.0696. The van der Waals surface area contributed by atoms with Crippen molar-refractivity contribution < 1.29 is 19.0 Å². The van der Waals surface area contributed by atoms with Crippen molar-refractivity contribution in [1.29, 1.82) is 0 Å². The molecule has 20 heavy (non-hydrogen) atoms. The fraction of sp³-hybridized carbons (Fsp3) is 0.188. The quantitative estimate of drug-likeness (QED) is 0.924. The first-order chi connectivity index (χ1) is 9.49. The largest absolute Gasteiger partial charge is 0.488 e. The summed E-state index contributed by atoms with van der Waals surface area (Å²) in [6, 6.07) is 9.50. The highest BCUT2D eigenvalue weighted by Gasteiger charge is 2.11. The predicted molar refractivity (Wildman–Crippen MR) is 73.6 cm³/mol. The molecule has 0 atom stereocenters. The van der Waals surface area contributed by atoms with Gasteiger partial charge < -0.3 is 9.84 Å². The van der Waals surface area contributed by atoms with Gasteiger partial charge in [-0.1, -0.05) is 18.2 Å². The molecule has 4 heteroatoms. The normalized spacial score (nSPS) is 10.3. The van der Waals surface area contributed by atoms with E-state index in [0.29, 0.717) is 11.3 Å². The van der Waals surface area contributed by atoms with Gasteiger partial charge in [-0.15, -0.1) is 0 Å². The van der Waals surface area contributed by atoms with Gasteiger partial charge in [0, 0.05) is 5.56 Å². The Balaban J connectivity index is 2.22. The van der Waals surface area contributed by atoms with E-state index in [0.717, 1.165) is 11.1 Å². The molecule has 0 heterocycles. The van der Waals surface area contributed by atoms with Crippen LogP contribution in [0, 0.1) is 19.7 Å². The monoisotopic (exact) mass is 274 g/mol. The number of hydrogen-bond acceptors (Lipinski definition) is 2. The van der Waals surface area contributed by atoms with Gasteiger partial charge in [-0.3, -0.25) is 0 Å². The minimum atomic E-state index is -0.975. The van der Waals surface area contributed by atoms with E-state index in [9.17, 15) is 9.18 Å². The average molecular weight is 274 g/mol. The van der Waals surface area contributed by atoms with Crippen LogP contribution in [0.15, 0.2) is 36.4 Å². The summed E-state index contributed by atoms with van der Waals surface area (Å²) in [5.74, 6) is -0.694. The number of hydrogen-bond donors (Lipinski definition) is 1. The molecule has 0 saturated heterocycles. The van der Waals surface area contributed by atoms with Crippen LogP contribution in [-0.2, 0) is 6.61 Å². The Bertz CT molecular complexity index is 627. The third kappa shape index (κ3) is 2.96. The summed E-state index contributed by atoms with van der Waals surface area (Å²) in [4.78, 5) is 11.0. The number of aryl methyl sites for hydroxylation is 2. The van der Waals surface area contributed by atoms with E-state index in [4.69, 9.17) is 9.84 Å². The molecule has 0 fully saturated rings. The van der Waals surface area contributed by atoms with Crippen LogP contribution in [0.25, 0.3) is 0 Å². The first-order valence-corrected chi connectivity index (χ1v) is 6.20. The van der Waals surface area contributed by atoms with E-state index in [2.05, 4.69) is 0 Å². The van der Waals surface area contributed by atoms with Crippen molar-refractivity contribution in [3.8, 4) is 5.75 Å². The standard InChI is InChI=1S/C16H15FO3/c1-10-7-13(16(18)19)8-11(2)15(10)20-9-12-5-3-4-6-14(12)17/h3-8H,9H2,1-2H3,(H,18,19). The minimum Gasteiger partial charge on any atom is -0.488 e. The summed E-state index contributed by atoms with van der Waals surface area (Å²) in [6.07, 6.45) is 0. The lowest BCUT2D eigenvalue weighted by atomic mass is 10.1. The van der Waals surface area contributed by atoms with Gasteiger partial charge in [-0.05, 0) is 43.2 Å². The lowest BCUT2D eigenvalue weighted by Crippen LogP contribution is -2.04. The van der Waals surface area contributed by atoms with Crippen LogP contribution >= 0.6 is 0 Å². The Morgan fingerprint density at radius 2 is 1.80 bits per heavy atom. The highest BCUT2D eigenvalue weighted by molar-refractivity contribution is 5.88. The van der Waals surface area contributed by atoms with Crippen LogP contribution in [0.1, 0.15) is 27.0 Å². The highest BCUT2D eigenvalue weighted by Crippen LogP contribution is 2.26. The average Bonchev–Trinajstić information content (AvgIpc) is 2.39. The number of carboxylic acid groups (broad SMARTS) is 1. The van der Waals surface area contributed by atoms with E-state index >= 15 is 0 Å². The van der Waals surface area contributed by atoms with Crippen LogP contribution in [0.4, 0.5) is 4.39 Å². The number of carbonyl (C=O) groups is 1. The molecular weight excluding hydrogens is 259 g/mol. The Kier molecular flexibility index (Phi) is 4.03. The molecule has 0 aromatic heterocycles. The molecule has 2 rings (SSSR count). The maximum Gasteiger partial charge on any atom is 0.335 e. The smallest absolute Gasteiger partial charge is 0.335 e. The number of carboxylic acids is 1. The van der Waals surface area contributed by atoms with Crippen molar-refractivity contribution in [3.63, 3.8) is 0 Å². The summed E-state index contributed by atoms with van der Waals surface area (Å²) in [5, 5.41) is 8.98. The van der Waals surface area contributed by atoms with Crippen molar-refractivity contribution in [2.24, 2.45) is 0 Å². The third-order valence-corrected chi connectivity index (χ3v) is 3.04. The summed E-state index contributed by atoms with van der Waals surface area (Å²) < 4.78 is 19.1. The van der Waals surface area contributed by atoms with Crippen molar-refractivity contribution >= 4 is 5.97 Å². The second-order valence-corrected chi connectivity index (χ2v) is 4.62. The van der Waals surface area contributed by atoms with Gasteiger partial charge in [-0.2, -0.15) is 0 Å². The number of rotatable bonds is 4. The molecule has 0 amide bonds. The summed E-state index contributed by atoms with van der Waals surface area (Å²) in [6.45, 7) is 3.66. The van der Waals surface area contributed by atoms with Crippen LogP contribution in [0.2, 0.25) is 0 Å². The van der Waals surface area contributed by atoms with Crippen LogP contribution in [0.5, 0.6) is 5.75 Å². The number of halogens is 1. The summed E-state index contributed by atoms with van der Waals surface area (Å²) in [5.41, 5.74) is 2.13. The molecule has 2 aromatic rings. The van der Waals surface area contributed by atoms with Crippen molar-refractivity contribution in [1.82, 2.24) is 0 Å². The molecule has 0 aliphatic rings. The van der Waals surface area contributed by atoms with E-state index in [-0.39, 0.29) is 18.0 Å². The van der Waals surface area contributed by atoms with Gasteiger partial charge in [0.05, 0.1) is 5.56 Å². The Morgan fingerprint density at radius 3 is 2.35 bits per heavy atom. The minimum absolute atomic E-state index is 0.112. The molecule has 3 nitrogen and oxygen atoms in total. The van der Waals surface area contributed by atoms with Gasteiger partial charge in [0.15, 0.2) is 0 Å². The van der Waals surface area contributed by atoms with E-state index in [1.165, 1.54) is 6.07 Å². The molecular formula is C16H15FO3. The highest BCUT2D eigenvalue weighted by atomic mass is 19.1. The molecule has 0 bridgehead atoms. The molecule has 2 aromatic carbocycles. The first kappa shape index (κ1) is 14.1. The predicted octanol–water partition coefficient (Wildman–Crippen LogP) is 3.72. The second kappa shape index (κ2) is 5.74. The zero-order valence-electron chi connectivity index (χ0n) is 11.3. The van der Waals surface area contributed by atoms with Gasteiger partial charge >= 0.3 is 5.97 Å². The second-order valence-electron chi connectivity index (χ2n) is 4.62. The van der Waals surface area contributed by atoms with Gasteiger partial charge in [0.25, 0.3) is 0 Å². The fourth-order valence-electron chi connectivity index (χ4n) is 2.07. The summed E-state index contributed by atoms with van der Waals surface area (Å²) >= 11 is 0.